The Labute approximate surface area is 127 Å². The summed E-state index contributed by atoms with van der Waals surface area (Å²) in [5.74, 6) is 0.710. The summed E-state index contributed by atoms with van der Waals surface area (Å²) in [6.45, 7) is 5.61. The summed E-state index contributed by atoms with van der Waals surface area (Å²) in [5.41, 5.74) is 1.12. The monoisotopic (exact) mass is 286 g/mol. The van der Waals surface area contributed by atoms with Gasteiger partial charge >= 0.3 is 0 Å². The number of rotatable bonds is 8. The first-order valence-electron chi connectivity index (χ1n) is 8.05. The standard InChI is InChI=1S/C18H26N2O/c1-3-5-8-15(4-2)13-19-18(21)14-20-12-11-16-9-6-7-10-17(16)20/h6-7,9-12,15H,3-5,8,13-14H2,1-2H3,(H,19,21). The van der Waals surface area contributed by atoms with E-state index in [-0.39, 0.29) is 5.91 Å². The quantitative estimate of drug-likeness (QED) is 0.782. The molecular formula is C18H26N2O. The summed E-state index contributed by atoms with van der Waals surface area (Å²) in [7, 11) is 0. The van der Waals surface area contributed by atoms with Crippen LogP contribution in [0.5, 0.6) is 0 Å². The fourth-order valence-corrected chi connectivity index (χ4v) is 2.69. The first-order valence-corrected chi connectivity index (χ1v) is 8.05. The van der Waals surface area contributed by atoms with E-state index in [1.807, 2.05) is 22.9 Å². The number of carbonyl (C=O) groups is 1. The van der Waals surface area contributed by atoms with Crippen molar-refractivity contribution in [3.63, 3.8) is 0 Å². The SMILES string of the molecule is CCCCC(CC)CNC(=O)Cn1ccc2ccccc21. The Balaban J connectivity index is 1.87. The molecule has 114 valence electrons. The predicted octanol–water partition coefficient (Wildman–Crippen LogP) is 3.97. The van der Waals surface area contributed by atoms with Gasteiger partial charge in [-0.05, 0) is 29.9 Å². The van der Waals surface area contributed by atoms with Crippen LogP contribution < -0.4 is 5.32 Å². The summed E-state index contributed by atoms with van der Waals surface area (Å²) in [5, 5.41) is 4.27. The molecule has 21 heavy (non-hydrogen) atoms. The van der Waals surface area contributed by atoms with Crippen molar-refractivity contribution in [3.8, 4) is 0 Å². The number of amides is 1. The molecular weight excluding hydrogens is 260 g/mol. The maximum atomic E-state index is 12.1. The second-order valence-electron chi connectivity index (χ2n) is 5.72. The zero-order chi connectivity index (χ0) is 15.1. The van der Waals surface area contributed by atoms with Gasteiger partial charge < -0.3 is 9.88 Å². The number of nitrogens with zero attached hydrogens (tertiary/aromatic N) is 1. The number of benzene rings is 1. The summed E-state index contributed by atoms with van der Waals surface area (Å²) >= 11 is 0. The number of nitrogens with one attached hydrogen (secondary N) is 1. The topological polar surface area (TPSA) is 34.0 Å². The number of para-hydroxylation sites is 1. The molecule has 0 bridgehead atoms. The van der Waals surface area contributed by atoms with Crippen LogP contribution in [0.4, 0.5) is 0 Å². The largest absolute Gasteiger partial charge is 0.354 e. The Morgan fingerprint density at radius 1 is 1.24 bits per heavy atom. The molecule has 0 radical (unpaired) electrons. The van der Waals surface area contributed by atoms with Crippen molar-refractivity contribution in [1.29, 1.82) is 0 Å². The molecule has 1 aromatic carbocycles. The zero-order valence-electron chi connectivity index (χ0n) is 13.1. The molecule has 1 amide bonds. The molecule has 2 aromatic rings. The smallest absolute Gasteiger partial charge is 0.239 e. The Bertz CT molecular complexity index is 573. The summed E-state index contributed by atoms with van der Waals surface area (Å²) < 4.78 is 2.01. The second kappa shape index (κ2) is 7.87. The average Bonchev–Trinajstić information content (AvgIpc) is 2.91. The Kier molecular flexibility index (Phi) is 5.85. The van der Waals surface area contributed by atoms with Gasteiger partial charge in [-0.2, -0.15) is 0 Å². The number of hydrogen-bond donors (Lipinski definition) is 1. The lowest BCUT2D eigenvalue weighted by atomic mass is 9.99. The third-order valence-corrected chi connectivity index (χ3v) is 4.13. The van der Waals surface area contributed by atoms with Gasteiger partial charge in [-0.1, -0.05) is 51.3 Å². The van der Waals surface area contributed by atoms with Crippen LogP contribution in [-0.4, -0.2) is 17.0 Å². The first-order chi connectivity index (χ1) is 10.2. The second-order valence-corrected chi connectivity index (χ2v) is 5.72. The van der Waals surface area contributed by atoms with E-state index in [0.29, 0.717) is 12.5 Å². The molecule has 1 atom stereocenters. The minimum atomic E-state index is 0.103. The minimum absolute atomic E-state index is 0.103. The highest BCUT2D eigenvalue weighted by Crippen LogP contribution is 2.15. The maximum absolute atomic E-state index is 12.1. The fourth-order valence-electron chi connectivity index (χ4n) is 2.69. The van der Waals surface area contributed by atoms with E-state index in [1.54, 1.807) is 0 Å². The lowest BCUT2D eigenvalue weighted by Gasteiger charge is -2.15. The van der Waals surface area contributed by atoms with Gasteiger partial charge in [0.2, 0.25) is 5.91 Å². The van der Waals surface area contributed by atoms with E-state index < -0.39 is 0 Å². The Morgan fingerprint density at radius 2 is 2.05 bits per heavy atom. The van der Waals surface area contributed by atoms with Gasteiger partial charge in [-0.25, -0.2) is 0 Å². The minimum Gasteiger partial charge on any atom is -0.354 e. The molecule has 1 heterocycles. The Hall–Kier alpha value is -1.77. The van der Waals surface area contributed by atoms with Crippen LogP contribution in [0.1, 0.15) is 39.5 Å². The highest BCUT2D eigenvalue weighted by atomic mass is 16.1. The van der Waals surface area contributed by atoms with Crippen molar-refractivity contribution >= 4 is 16.8 Å². The van der Waals surface area contributed by atoms with E-state index in [0.717, 1.165) is 18.5 Å². The molecule has 1 N–H and O–H groups in total. The molecule has 3 nitrogen and oxygen atoms in total. The highest BCUT2D eigenvalue weighted by Gasteiger charge is 2.09. The van der Waals surface area contributed by atoms with Crippen LogP contribution in [0.2, 0.25) is 0 Å². The van der Waals surface area contributed by atoms with Crippen LogP contribution in [-0.2, 0) is 11.3 Å². The van der Waals surface area contributed by atoms with Crippen LogP contribution in [0.3, 0.4) is 0 Å². The first kappa shape index (κ1) is 15.6. The molecule has 0 aliphatic rings. The third-order valence-electron chi connectivity index (χ3n) is 4.13. The molecule has 0 fully saturated rings. The van der Waals surface area contributed by atoms with Crippen molar-refractivity contribution in [2.75, 3.05) is 6.54 Å². The van der Waals surface area contributed by atoms with Gasteiger partial charge in [-0.3, -0.25) is 4.79 Å². The third kappa shape index (κ3) is 4.35. The maximum Gasteiger partial charge on any atom is 0.239 e. The van der Waals surface area contributed by atoms with Gasteiger partial charge in [0, 0.05) is 18.3 Å². The lowest BCUT2D eigenvalue weighted by Crippen LogP contribution is -2.31. The van der Waals surface area contributed by atoms with Gasteiger partial charge in [0.05, 0.1) is 0 Å². The number of fused-ring (bicyclic) bond motifs is 1. The fraction of sp³-hybridized carbons (Fsp3) is 0.500. The van der Waals surface area contributed by atoms with Crippen LogP contribution >= 0.6 is 0 Å². The van der Waals surface area contributed by atoms with E-state index in [2.05, 4.69) is 37.4 Å². The number of unbranched alkanes of at least 4 members (excludes halogenated alkanes) is 1. The summed E-state index contributed by atoms with van der Waals surface area (Å²) in [4.78, 5) is 12.1. The van der Waals surface area contributed by atoms with Crippen molar-refractivity contribution in [2.45, 2.75) is 46.1 Å². The molecule has 1 aromatic heterocycles. The molecule has 0 saturated carbocycles. The summed E-state index contributed by atoms with van der Waals surface area (Å²) in [6.07, 6.45) is 6.79. The molecule has 3 heteroatoms. The van der Waals surface area contributed by atoms with Gasteiger partial charge in [0.1, 0.15) is 6.54 Å². The van der Waals surface area contributed by atoms with Gasteiger partial charge in [0.25, 0.3) is 0 Å². The van der Waals surface area contributed by atoms with E-state index >= 15 is 0 Å². The highest BCUT2D eigenvalue weighted by molar-refractivity contribution is 5.83. The van der Waals surface area contributed by atoms with Crippen LogP contribution in [0.15, 0.2) is 36.5 Å². The van der Waals surface area contributed by atoms with Crippen molar-refractivity contribution < 1.29 is 4.79 Å². The van der Waals surface area contributed by atoms with Gasteiger partial charge in [-0.15, -0.1) is 0 Å². The molecule has 2 rings (SSSR count). The molecule has 1 unspecified atom stereocenters. The zero-order valence-corrected chi connectivity index (χ0v) is 13.1. The number of aromatic nitrogens is 1. The van der Waals surface area contributed by atoms with E-state index in [4.69, 9.17) is 0 Å². The van der Waals surface area contributed by atoms with E-state index in [9.17, 15) is 4.79 Å². The molecule has 0 spiro atoms. The van der Waals surface area contributed by atoms with Crippen molar-refractivity contribution in [3.05, 3.63) is 36.5 Å². The van der Waals surface area contributed by atoms with E-state index in [1.165, 1.54) is 24.6 Å². The normalized spacial score (nSPS) is 12.5. The lowest BCUT2D eigenvalue weighted by molar-refractivity contribution is -0.121. The van der Waals surface area contributed by atoms with Crippen molar-refractivity contribution in [1.82, 2.24) is 9.88 Å². The molecule has 0 saturated heterocycles. The number of carbonyl (C=O) groups excluding carboxylic acids is 1. The molecule has 0 aliphatic heterocycles. The van der Waals surface area contributed by atoms with Crippen molar-refractivity contribution in [2.24, 2.45) is 5.92 Å². The van der Waals surface area contributed by atoms with Gasteiger partial charge in [0.15, 0.2) is 0 Å². The average molecular weight is 286 g/mol. The Morgan fingerprint density at radius 3 is 2.81 bits per heavy atom. The van der Waals surface area contributed by atoms with Crippen LogP contribution in [0.25, 0.3) is 10.9 Å². The molecule has 0 aliphatic carbocycles. The van der Waals surface area contributed by atoms with Crippen LogP contribution in [0, 0.1) is 5.92 Å². The summed E-state index contributed by atoms with van der Waals surface area (Å²) in [6, 6.07) is 10.2. The predicted molar refractivity (Wildman–Crippen MR) is 88.3 cm³/mol. The number of hydrogen-bond acceptors (Lipinski definition) is 1.